The van der Waals surface area contributed by atoms with E-state index < -0.39 is 47.2 Å². The summed E-state index contributed by atoms with van der Waals surface area (Å²) in [6, 6.07) is 12.4. The minimum Gasteiger partial charge on any atom is -0.493 e. The van der Waals surface area contributed by atoms with Gasteiger partial charge in [0.15, 0.2) is 23.7 Å². The lowest BCUT2D eigenvalue weighted by Crippen LogP contribution is -2.69. The predicted octanol–water partition coefficient (Wildman–Crippen LogP) is 4.09. The molecule has 2 aromatic rings. The van der Waals surface area contributed by atoms with E-state index in [9.17, 15) is 19.5 Å². The van der Waals surface area contributed by atoms with Gasteiger partial charge >= 0.3 is 17.9 Å². The third-order valence-corrected chi connectivity index (χ3v) is 9.38. The van der Waals surface area contributed by atoms with E-state index in [1.807, 2.05) is 12.1 Å². The molecule has 1 N–H and O–H groups in total. The molecule has 0 saturated heterocycles. The van der Waals surface area contributed by atoms with Gasteiger partial charge in [-0.3, -0.25) is 4.79 Å². The molecule has 0 amide bonds. The summed E-state index contributed by atoms with van der Waals surface area (Å²) in [6.07, 6.45) is 0.965. The maximum absolute atomic E-state index is 13.3. The zero-order valence-electron chi connectivity index (χ0n) is 23.5. The van der Waals surface area contributed by atoms with Gasteiger partial charge in [0.05, 0.1) is 18.1 Å². The number of hydrogen-bond acceptors (Lipinski definition) is 9. The van der Waals surface area contributed by atoms with E-state index in [0.29, 0.717) is 35.8 Å². The van der Waals surface area contributed by atoms with Crippen LogP contribution in [0.2, 0.25) is 0 Å². The van der Waals surface area contributed by atoms with Crippen molar-refractivity contribution in [2.75, 3.05) is 7.11 Å². The summed E-state index contributed by atoms with van der Waals surface area (Å²) in [5.74, 6) is -0.585. The Kier molecular flexibility index (Phi) is 6.60. The first kappa shape index (κ1) is 27.3. The number of hydrogen-bond donors (Lipinski definition) is 1. The Labute approximate surface area is 238 Å². The quantitative estimate of drug-likeness (QED) is 0.393. The predicted molar refractivity (Wildman–Crippen MR) is 145 cm³/mol. The third kappa shape index (κ3) is 4.04. The van der Waals surface area contributed by atoms with Gasteiger partial charge in [0.2, 0.25) is 6.10 Å². The monoisotopic (exact) mass is 562 g/mol. The maximum Gasteiger partial charge on any atom is 0.353 e. The largest absolute Gasteiger partial charge is 0.493 e. The van der Waals surface area contributed by atoms with Crippen LogP contribution in [0.15, 0.2) is 54.3 Å². The minimum absolute atomic E-state index is 0.0266. The van der Waals surface area contributed by atoms with E-state index in [-0.39, 0.29) is 11.7 Å². The molecule has 2 bridgehead atoms. The second-order valence-electron chi connectivity index (χ2n) is 11.6. The normalized spacial score (nSPS) is 30.1. The van der Waals surface area contributed by atoms with Gasteiger partial charge in [-0.25, -0.2) is 9.59 Å². The van der Waals surface area contributed by atoms with Crippen molar-refractivity contribution in [1.82, 2.24) is 0 Å². The molecule has 6 rings (SSSR count). The van der Waals surface area contributed by atoms with Crippen molar-refractivity contribution in [2.45, 2.75) is 75.8 Å². The Morgan fingerprint density at radius 2 is 1.83 bits per heavy atom. The number of esters is 3. The van der Waals surface area contributed by atoms with Crippen LogP contribution in [-0.2, 0) is 40.4 Å². The first-order chi connectivity index (χ1) is 19.6. The molecule has 1 saturated carbocycles. The van der Waals surface area contributed by atoms with Gasteiger partial charge in [-0.2, -0.15) is 0 Å². The fraction of sp³-hybridized carbons (Fsp3) is 0.469. The van der Waals surface area contributed by atoms with Crippen molar-refractivity contribution in [3.05, 3.63) is 71.0 Å². The fourth-order valence-electron chi connectivity index (χ4n) is 7.49. The van der Waals surface area contributed by atoms with Crippen LogP contribution in [0.1, 0.15) is 62.8 Å². The number of aliphatic hydroxyl groups is 1. The number of benzene rings is 2. The lowest BCUT2D eigenvalue weighted by atomic mass is 9.45. The van der Waals surface area contributed by atoms with Crippen molar-refractivity contribution in [1.29, 1.82) is 0 Å². The SMILES string of the molecule is COc1ccc2c3c1O[C@H]1C(OC(=O)[C@H](C)OC(=O)[C@@H](OC(C)=O)c4ccccc4)=CC[C@@]4(O)[C@@H](C2)C(C)CC[C@]314. The molecular formula is C32H34O9. The number of carbonyl (C=O) groups is 3. The van der Waals surface area contributed by atoms with Gasteiger partial charge in [0.25, 0.3) is 0 Å². The Morgan fingerprint density at radius 3 is 2.54 bits per heavy atom. The molecule has 0 aromatic heterocycles. The van der Waals surface area contributed by atoms with Crippen molar-refractivity contribution >= 4 is 17.9 Å². The van der Waals surface area contributed by atoms with E-state index in [4.69, 9.17) is 23.7 Å². The molecule has 9 heteroatoms. The van der Waals surface area contributed by atoms with Crippen LogP contribution in [0, 0.1) is 11.8 Å². The highest BCUT2D eigenvalue weighted by Crippen LogP contribution is 2.68. The van der Waals surface area contributed by atoms with Gasteiger partial charge in [-0.15, -0.1) is 0 Å². The summed E-state index contributed by atoms with van der Waals surface area (Å²) in [5, 5.41) is 12.4. The molecule has 3 aliphatic carbocycles. The number of ether oxygens (including phenoxy) is 5. The number of carbonyl (C=O) groups excluding carboxylic acids is 3. The molecule has 0 radical (unpaired) electrons. The molecule has 216 valence electrons. The van der Waals surface area contributed by atoms with Crippen molar-refractivity contribution in [2.24, 2.45) is 11.8 Å². The van der Waals surface area contributed by atoms with Crippen LogP contribution in [0.3, 0.4) is 0 Å². The molecule has 9 nitrogen and oxygen atoms in total. The number of rotatable bonds is 7. The highest BCUT2D eigenvalue weighted by Gasteiger charge is 2.72. The average Bonchev–Trinajstić information content (AvgIpc) is 3.31. The van der Waals surface area contributed by atoms with E-state index >= 15 is 0 Å². The third-order valence-electron chi connectivity index (χ3n) is 9.38. The summed E-state index contributed by atoms with van der Waals surface area (Å²) in [7, 11) is 1.58. The maximum atomic E-state index is 13.3. The van der Waals surface area contributed by atoms with Crippen molar-refractivity contribution < 1.29 is 43.2 Å². The molecular weight excluding hydrogens is 528 g/mol. The minimum atomic E-state index is -1.33. The molecule has 41 heavy (non-hydrogen) atoms. The first-order valence-corrected chi connectivity index (χ1v) is 14.0. The molecule has 1 spiro atoms. The second-order valence-corrected chi connectivity index (χ2v) is 11.6. The highest BCUT2D eigenvalue weighted by atomic mass is 16.6. The van der Waals surface area contributed by atoms with Crippen LogP contribution in [-0.4, -0.2) is 47.9 Å². The summed E-state index contributed by atoms with van der Waals surface area (Å²) >= 11 is 0. The average molecular weight is 563 g/mol. The number of methoxy groups -OCH3 is 1. The summed E-state index contributed by atoms with van der Waals surface area (Å²) in [6.45, 7) is 4.78. The molecule has 7 atom stereocenters. The van der Waals surface area contributed by atoms with E-state index in [1.165, 1.54) is 13.8 Å². The topological polar surface area (TPSA) is 118 Å². The van der Waals surface area contributed by atoms with E-state index in [1.54, 1.807) is 43.5 Å². The zero-order chi connectivity index (χ0) is 29.1. The van der Waals surface area contributed by atoms with Gasteiger partial charge in [-0.1, -0.05) is 43.3 Å². The molecule has 1 aliphatic heterocycles. The zero-order valence-corrected chi connectivity index (χ0v) is 23.5. The van der Waals surface area contributed by atoms with E-state index in [0.717, 1.165) is 24.0 Å². The standard InChI is InChI=1S/C32H34O9/c1-17-12-14-31-25-21-10-11-23(37-4)27(25)41-28(31)24(13-15-32(31,36)22(17)16-21)40-29(34)18(2)38-30(35)26(39-19(3)33)20-8-6-5-7-9-20/h5-11,13,17-18,22,26,28,36H,12,14-16H2,1-4H3/t17?,18-,22-,26-,28-,31-,32+/m0/s1. The van der Waals surface area contributed by atoms with Crippen molar-refractivity contribution in [3.8, 4) is 11.5 Å². The summed E-state index contributed by atoms with van der Waals surface area (Å²) in [4.78, 5) is 38.0. The van der Waals surface area contributed by atoms with Gasteiger partial charge in [0, 0.05) is 18.1 Å². The molecule has 2 aromatic carbocycles. The Hall–Kier alpha value is -3.85. The highest BCUT2D eigenvalue weighted by molar-refractivity contribution is 5.84. The van der Waals surface area contributed by atoms with Crippen LogP contribution in [0.5, 0.6) is 11.5 Å². The molecule has 1 fully saturated rings. The van der Waals surface area contributed by atoms with Crippen molar-refractivity contribution in [3.63, 3.8) is 0 Å². The lowest BCUT2D eigenvalue weighted by Gasteiger charge is -2.61. The second kappa shape index (κ2) is 9.91. The van der Waals surface area contributed by atoms with Gasteiger partial charge < -0.3 is 28.8 Å². The van der Waals surface area contributed by atoms with E-state index in [2.05, 4.69) is 6.92 Å². The van der Waals surface area contributed by atoms with Crippen LogP contribution < -0.4 is 9.47 Å². The van der Waals surface area contributed by atoms with Crippen LogP contribution in [0.25, 0.3) is 0 Å². The Bertz CT molecular complexity index is 1430. The Morgan fingerprint density at radius 1 is 1.07 bits per heavy atom. The summed E-state index contributed by atoms with van der Waals surface area (Å²) in [5.41, 5.74) is 0.625. The lowest BCUT2D eigenvalue weighted by molar-refractivity contribution is -0.181. The molecule has 4 aliphatic rings. The fourth-order valence-corrected chi connectivity index (χ4v) is 7.49. The molecule has 1 unspecified atom stereocenters. The summed E-state index contributed by atoms with van der Waals surface area (Å²) < 4.78 is 28.6. The van der Waals surface area contributed by atoms with Gasteiger partial charge in [0.1, 0.15) is 5.76 Å². The van der Waals surface area contributed by atoms with Crippen LogP contribution in [0.4, 0.5) is 0 Å². The smallest absolute Gasteiger partial charge is 0.353 e. The van der Waals surface area contributed by atoms with Gasteiger partial charge in [-0.05, 0) is 62.1 Å². The first-order valence-electron chi connectivity index (χ1n) is 14.0. The Balaban J connectivity index is 1.27. The molecule has 1 heterocycles. The van der Waals surface area contributed by atoms with Crippen LogP contribution >= 0.6 is 0 Å².